The fourth-order valence-corrected chi connectivity index (χ4v) is 4.83. The van der Waals surface area contributed by atoms with Crippen LogP contribution in [0.25, 0.3) is 0 Å². The van der Waals surface area contributed by atoms with Crippen LogP contribution in [0.1, 0.15) is 29.2 Å². The first kappa shape index (κ1) is 18.7. The highest BCUT2D eigenvalue weighted by Gasteiger charge is 2.60. The lowest BCUT2D eigenvalue weighted by molar-refractivity contribution is -0.161. The van der Waals surface area contributed by atoms with Crippen LogP contribution in [0.15, 0.2) is 71.8 Å². The molecule has 3 aliphatic heterocycles. The average molecular weight is 427 g/mol. The molecule has 160 valence electrons. The maximum absolute atomic E-state index is 13.4. The van der Waals surface area contributed by atoms with Gasteiger partial charge in [-0.05, 0) is 30.3 Å². The van der Waals surface area contributed by atoms with Gasteiger partial charge in [0.05, 0.1) is 37.2 Å². The van der Waals surface area contributed by atoms with Gasteiger partial charge in [0.2, 0.25) is 0 Å². The van der Waals surface area contributed by atoms with Crippen LogP contribution >= 0.6 is 0 Å². The second-order valence-corrected chi connectivity index (χ2v) is 7.96. The Bertz CT molecular complexity index is 1290. The van der Waals surface area contributed by atoms with Crippen molar-refractivity contribution in [1.29, 1.82) is 0 Å². The predicted octanol–water partition coefficient (Wildman–Crippen LogP) is 4.05. The Morgan fingerprint density at radius 1 is 1.03 bits per heavy atom. The molecule has 1 amide bonds. The van der Waals surface area contributed by atoms with E-state index >= 15 is 0 Å². The van der Waals surface area contributed by atoms with Gasteiger partial charge in [-0.2, -0.15) is 5.10 Å². The Kier molecular flexibility index (Phi) is 3.95. The molecule has 6 rings (SSSR count). The summed E-state index contributed by atoms with van der Waals surface area (Å²) in [4.78, 5) is 13.4. The quantitative estimate of drug-likeness (QED) is 0.683. The molecule has 0 radical (unpaired) electrons. The third kappa shape index (κ3) is 2.42. The zero-order valence-electron chi connectivity index (χ0n) is 17.7. The number of hydrogen-bond acceptors (Lipinski definition) is 6. The molecule has 1 N–H and O–H groups in total. The first-order valence-corrected chi connectivity index (χ1v) is 10.4. The Hall–Kier alpha value is -4.00. The van der Waals surface area contributed by atoms with Crippen molar-refractivity contribution in [3.63, 3.8) is 0 Å². The molecule has 0 saturated carbocycles. The molecular weight excluding hydrogens is 406 g/mol. The lowest BCUT2D eigenvalue weighted by atomic mass is 9.92. The Balaban J connectivity index is 1.53. The van der Waals surface area contributed by atoms with Crippen LogP contribution in [0, 0.1) is 0 Å². The molecular formula is C25H21N3O4. The number of anilines is 1. The number of para-hydroxylation sites is 2. The van der Waals surface area contributed by atoms with Gasteiger partial charge in [-0.3, -0.25) is 4.79 Å². The molecule has 2 atom stereocenters. The summed E-state index contributed by atoms with van der Waals surface area (Å²) in [5.74, 6) is 1.74. The first-order valence-electron chi connectivity index (χ1n) is 10.4. The number of benzene rings is 3. The standard InChI is InChI=1S/C25H21N3O4/c1-30-22-12-11-15(13-23(22)31-2)19-14-20-16-7-3-6-10-21(16)32-25(28(20)27-19)17-8-4-5-9-18(17)26-24(25)29/h3-13,20H,14H2,1-2H3,(H,26,29). The lowest BCUT2D eigenvalue weighted by Gasteiger charge is -2.43. The van der Waals surface area contributed by atoms with Gasteiger partial charge in [-0.25, -0.2) is 5.01 Å². The highest BCUT2D eigenvalue weighted by molar-refractivity contribution is 6.07. The minimum Gasteiger partial charge on any atom is -0.493 e. The van der Waals surface area contributed by atoms with E-state index in [0.29, 0.717) is 23.7 Å². The summed E-state index contributed by atoms with van der Waals surface area (Å²) < 4.78 is 17.3. The lowest BCUT2D eigenvalue weighted by Crippen LogP contribution is -2.55. The zero-order chi connectivity index (χ0) is 21.9. The molecule has 7 nitrogen and oxygen atoms in total. The fourth-order valence-electron chi connectivity index (χ4n) is 4.83. The van der Waals surface area contributed by atoms with Gasteiger partial charge >= 0.3 is 5.72 Å². The number of fused-ring (bicyclic) bond motifs is 6. The van der Waals surface area contributed by atoms with Crippen molar-refractivity contribution in [1.82, 2.24) is 5.01 Å². The average Bonchev–Trinajstić information content (AvgIpc) is 3.40. The predicted molar refractivity (Wildman–Crippen MR) is 119 cm³/mol. The van der Waals surface area contributed by atoms with Gasteiger partial charge < -0.3 is 19.5 Å². The number of methoxy groups -OCH3 is 2. The maximum atomic E-state index is 13.4. The number of hydrogen-bond donors (Lipinski definition) is 1. The number of hydrazone groups is 1. The normalized spacial score (nSPS) is 22.4. The van der Waals surface area contributed by atoms with Crippen LogP contribution in [0.5, 0.6) is 17.2 Å². The van der Waals surface area contributed by atoms with E-state index in [1.165, 1.54) is 0 Å². The molecule has 0 aliphatic carbocycles. The molecule has 0 aromatic heterocycles. The van der Waals surface area contributed by atoms with Crippen LogP contribution < -0.4 is 19.5 Å². The second kappa shape index (κ2) is 6.75. The van der Waals surface area contributed by atoms with E-state index in [1.54, 1.807) is 14.2 Å². The number of rotatable bonds is 3. The van der Waals surface area contributed by atoms with E-state index in [1.807, 2.05) is 71.7 Å². The van der Waals surface area contributed by atoms with Gasteiger partial charge in [0.15, 0.2) is 11.5 Å². The molecule has 3 aliphatic rings. The van der Waals surface area contributed by atoms with E-state index in [2.05, 4.69) is 5.32 Å². The topological polar surface area (TPSA) is 72.4 Å². The molecule has 2 unspecified atom stereocenters. The molecule has 0 bridgehead atoms. The number of carbonyl (C=O) groups is 1. The third-order valence-electron chi connectivity index (χ3n) is 6.33. The summed E-state index contributed by atoms with van der Waals surface area (Å²) in [5.41, 5.74) is 2.93. The van der Waals surface area contributed by atoms with Crippen molar-refractivity contribution in [3.05, 3.63) is 83.4 Å². The minimum atomic E-state index is -1.35. The largest absolute Gasteiger partial charge is 0.493 e. The molecule has 3 heterocycles. The zero-order valence-corrected chi connectivity index (χ0v) is 17.7. The smallest absolute Gasteiger partial charge is 0.306 e. The van der Waals surface area contributed by atoms with Crippen molar-refractivity contribution in [2.75, 3.05) is 19.5 Å². The van der Waals surface area contributed by atoms with Crippen LogP contribution in [0.2, 0.25) is 0 Å². The summed E-state index contributed by atoms with van der Waals surface area (Å²) in [6.45, 7) is 0. The van der Waals surface area contributed by atoms with Crippen LogP contribution in [-0.2, 0) is 10.5 Å². The molecule has 3 aromatic rings. The number of amides is 1. The maximum Gasteiger partial charge on any atom is 0.306 e. The number of nitrogens with one attached hydrogen (secondary N) is 1. The SMILES string of the molecule is COc1ccc(C2=NN3C(C2)c2ccccc2OC32C(=O)Nc3ccccc32)cc1OC. The van der Waals surface area contributed by atoms with E-state index < -0.39 is 5.72 Å². The van der Waals surface area contributed by atoms with Crippen molar-refractivity contribution in [3.8, 4) is 17.2 Å². The molecule has 0 saturated heterocycles. The highest BCUT2D eigenvalue weighted by atomic mass is 16.5. The highest BCUT2D eigenvalue weighted by Crippen LogP contribution is 2.54. The summed E-state index contributed by atoms with van der Waals surface area (Å²) in [6, 6.07) is 21.1. The van der Waals surface area contributed by atoms with Gasteiger partial charge in [0.25, 0.3) is 5.91 Å². The van der Waals surface area contributed by atoms with E-state index in [4.69, 9.17) is 19.3 Å². The minimum absolute atomic E-state index is 0.139. The molecule has 0 fully saturated rings. The third-order valence-corrected chi connectivity index (χ3v) is 6.33. The number of ether oxygens (including phenoxy) is 3. The monoisotopic (exact) mass is 427 g/mol. The van der Waals surface area contributed by atoms with E-state index in [9.17, 15) is 4.79 Å². The first-order chi connectivity index (χ1) is 15.7. The Labute approximate surface area is 185 Å². The molecule has 7 heteroatoms. The summed E-state index contributed by atoms with van der Waals surface area (Å²) in [6.07, 6.45) is 0.632. The Morgan fingerprint density at radius 3 is 2.66 bits per heavy atom. The number of carbonyl (C=O) groups excluding carboxylic acids is 1. The molecule has 1 spiro atoms. The van der Waals surface area contributed by atoms with Crippen molar-refractivity contribution in [2.45, 2.75) is 18.2 Å². The van der Waals surface area contributed by atoms with Crippen molar-refractivity contribution < 1.29 is 19.0 Å². The van der Waals surface area contributed by atoms with Crippen LogP contribution in [0.4, 0.5) is 5.69 Å². The fraction of sp³-hybridized carbons (Fsp3) is 0.200. The molecule has 32 heavy (non-hydrogen) atoms. The Morgan fingerprint density at radius 2 is 1.81 bits per heavy atom. The second-order valence-electron chi connectivity index (χ2n) is 7.96. The van der Waals surface area contributed by atoms with Gasteiger partial charge in [0.1, 0.15) is 5.75 Å². The summed E-state index contributed by atoms with van der Waals surface area (Å²) >= 11 is 0. The van der Waals surface area contributed by atoms with Crippen molar-refractivity contribution >= 4 is 17.3 Å². The van der Waals surface area contributed by atoms with E-state index in [0.717, 1.165) is 28.1 Å². The van der Waals surface area contributed by atoms with Crippen LogP contribution in [0.3, 0.4) is 0 Å². The van der Waals surface area contributed by atoms with Gasteiger partial charge in [-0.15, -0.1) is 0 Å². The summed E-state index contributed by atoms with van der Waals surface area (Å²) in [5, 5.41) is 9.76. The van der Waals surface area contributed by atoms with Crippen LogP contribution in [-0.4, -0.2) is 30.8 Å². The van der Waals surface area contributed by atoms with Gasteiger partial charge in [0, 0.05) is 17.5 Å². The van der Waals surface area contributed by atoms with Crippen molar-refractivity contribution in [2.24, 2.45) is 5.10 Å². The summed E-state index contributed by atoms with van der Waals surface area (Å²) in [7, 11) is 3.22. The number of nitrogens with zero attached hydrogens (tertiary/aromatic N) is 2. The van der Waals surface area contributed by atoms with Gasteiger partial charge in [-0.1, -0.05) is 36.4 Å². The van der Waals surface area contributed by atoms with E-state index in [-0.39, 0.29) is 11.9 Å². The molecule has 3 aromatic carbocycles.